The van der Waals surface area contributed by atoms with Crippen LogP contribution in [0.15, 0.2) is 42.5 Å². The number of carbonyl (C=O) groups is 1. The molecule has 0 spiro atoms. The van der Waals surface area contributed by atoms with E-state index in [1.54, 1.807) is 23.7 Å². The summed E-state index contributed by atoms with van der Waals surface area (Å²) in [6.07, 6.45) is -0.810. The normalized spacial score (nSPS) is 15.5. The van der Waals surface area contributed by atoms with Crippen molar-refractivity contribution in [2.45, 2.75) is 19.4 Å². The number of hydrogen-bond donors (Lipinski definition) is 2. The van der Waals surface area contributed by atoms with Gasteiger partial charge in [-0.2, -0.15) is 0 Å². The number of fused-ring (bicyclic) bond motifs is 1. The molecule has 152 valence electrons. The predicted molar refractivity (Wildman–Crippen MR) is 109 cm³/mol. The van der Waals surface area contributed by atoms with Crippen LogP contribution in [0.4, 0.5) is 15.9 Å². The van der Waals surface area contributed by atoms with Gasteiger partial charge in [0, 0.05) is 13.1 Å². The van der Waals surface area contributed by atoms with Crippen LogP contribution >= 0.6 is 0 Å². The number of aliphatic hydroxyl groups excluding tert-OH is 1. The van der Waals surface area contributed by atoms with Gasteiger partial charge < -0.3 is 20.1 Å². The lowest BCUT2D eigenvalue weighted by Gasteiger charge is -2.29. The second-order valence-electron chi connectivity index (χ2n) is 6.92. The first-order chi connectivity index (χ1) is 14.1. The van der Waals surface area contributed by atoms with Crippen LogP contribution in [0, 0.1) is 5.82 Å². The highest BCUT2D eigenvalue weighted by atomic mass is 19.1. The maximum atomic E-state index is 13.4. The zero-order valence-corrected chi connectivity index (χ0v) is 16.1. The summed E-state index contributed by atoms with van der Waals surface area (Å²) in [7, 11) is 0. The molecule has 1 unspecified atom stereocenters. The number of ether oxygens (including phenoxy) is 1. The van der Waals surface area contributed by atoms with Crippen LogP contribution in [0.2, 0.25) is 0 Å². The van der Waals surface area contributed by atoms with Crippen molar-refractivity contribution in [1.29, 1.82) is 0 Å². The Morgan fingerprint density at radius 2 is 1.97 bits per heavy atom. The third-order valence-electron chi connectivity index (χ3n) is 5.04. The van der Waals surface area contributed by atoms with Crippen LogP contribution < -0.4 is 10.2 Å². The monoisotopic (exact) mass is 398 g/mol. The number of amides is 1. The highest BCUT2D eigenvalue weighted by molar-refractivity contribution is 6.07. The fourth-order valence-corrected chi connectivity index (χ4v) is 3.47. The van der Waals surface area contributed by atoms with Crippen molar-refractivity contribution >= 4 is 28.3 Å². The van der Waals surface area contributed by atoms with Gasteiger partial charge in [0.25, 0.3) is 5.91 Å². The fraction of sp³-hybridized carbons (Fsp3) is 0.333. The lowest BCUT2D eigenvalue weighted by Crippen LogP contribution is -2.36. The minimum atomic E-state index is -1.11. The van der Waals surface area contributed by atoms with E-state index < -0.39 is 12.0 Å². The molecule has 1 aromatic heterocycles. The van der Waals surface area contributed by atoms with Crippen LogP contribution in [-0.2, 0) is 9.53 Å². The number of anilines is 2. The molecule has 2 heterocycles. The summed E-state index contributed by atoms with van der Waals surface area (Å²) in [4.78, 5) is 14.6. The van der Waals surface area contributed by atoms with Crippen LogP contribution in [-0.4, -0.2) is 53.2 Å². The summed E-state index contributed by atoms with van der Waals surface area (Å²) in [5.74, 6) is -0.474. The molecule has 4 rings (SSSR count). The van der Waals surface area contributed by atoms with Crippen molar-refractivity contribution in [3.63, 3.8) is 0 Å². The van der Waals surface area contributed by atoms with E-state index in [-0.39, 0.29) is 5.82 Å². The first-order valence-electron chi connectivity index (χ1n) is 9.67. The Bertz CT molecular complexity index is 1010. The van der Waals surface area contributed by atoms with Gasteiger partial charge >= 0.3 is 0 Å². The van der Waals surface area contributed by atoms with Crippen molar-refractivity contribution in [1.82, 2.24) is 9.78 Å². The largest absolute Gasteiger partial charge is 0.383 e. The highest BCUT2D eigenvalue weighted by Crippen LogP contribution is 2.35. The van der Waals surface area contributed by atoms with Crippen molar-refractivity contribution in [2.75, 3.05) is 36.5 Å². The molecule has 1 amide bonds. The SMILES string of the molecule is CCC(O)C(=O)Nc1nn(-c2ccc(F)cc2)c2cccc(N3CCOCC3)c12. The van der Waals surface area contributed by atoms with Gasteiger partial charge in [0.2, 0.25) is 0 Å². The van der Waals surface area contributed by atoms with Crippen molar-refractivity contribution in [2.24, 2.45) is 0 Å². The Morgan fingerprint density at radius 1 is 1.24 bits per heavy atom. The van der Waals surface area contributed by atoms with E-state index in [1.807, 2.05) is 18.2 Å². The van der Waals surface area contributed by atoms with Gasteiger partial charge in [0.05, 0.1) is 35.5 Å². The molecule has 2 N–H and O–H groups in total. The minimum Gasteiger partial charge on any atom is -0.383 e. The van der Waals surface area contributed by atoms with E-state index in [1.165, 1.54) is 12.1 Å². The minimum absolute atomic E-state index is 0.304. The summed E-state index contributed by atoms with van der Waals surface area (Å²) in [5, 5.41) is 18.0. The molecule has 0 aliphatic carbocycles. The zero-order valence-electron chi connectivity index (χ0n) is 16.1. The topological polar surface area (TPSA) is 79.6 Å². The quantitative estimate of drug-likeness (QED) is 0.691. The molecule has 29 heavy (non-hydrogen) atoms. The second kappa shape index (κ2) is 8.18. The Labute approximate surface area is 167 Å². The number of carbonyl (C=O) groups excluding carboxylic acids is 1. The molecule has 1 saturated heterocycles. The molecule has 7 nitrogen and oxygen atoms in total. The number of benzene rings is 2. The van der Waals surface area contributed by atoms with E-state index in [0.717, 1.165) is 29.7 Å². The molecule has 2 aromatic carbocycles. The summed E-state index contributed by atoms with van der Waals surface area (Å²) < 4.78 is 20.5. The molecule has 1 aliphatic rings. The average Bonchev–Trinajstić information content (AvgIpc) is 3.12. The maximum absolute atomic E-state index is 13.4. The van der Waals surface area contributed by atoms with Crippen LogP contribution in [0.5, 0.6) is 0 Å². The molecule has 0 bridgehead atoms. The molecule has 3 aromatic rings. The number of morpholine rings is 1. The van der Waals surface area contributed by atoms with Crippen LogP contribution in [0.1, 0.15) is 13.3 Å². The van der Waals surface area contributed by atoms with Gasteiger partial charge in [-0.05, 0) is 42.8 Å². The van der Waals surface area contributed by atoms with E-state index in [4.69, 9.17) is 4.74 Å². The van der Waals surface area contributed by atoms with Crippen LogP contribution in [0.25, 0.3) is 16.6 Å². The van der Waals surface area contributed by atoms with Gasteiger partial charge in [-0.25, -0.2) is 9.07 Å². The summed E-state index contributed by atoms with van der Waals surface area (Å²) in [6, 6.07) is 11.8. The van der Waals surface area contributed by atoms with Gasteiger partial charge in [0.15, 0.2) is 5.82 Å². The number of nitrogens with zero attached hydrogens (tertiary/aromatic N) is 3. The van der Waals surface area contributed by atoms with E-state index in [2.05, 4.69) is 15.3 Å². The second-order valence-corrected chi connectivity index (χ2v) is 6.92. The van der Waals surface area contributed by atoms with Gasteiger partial charge in [-0.15, -0.1) is 5.10 Å². The standard InChI is InChI=1S/C21H23FN4O3/c1-2-18(27)21(28)23-20-19-16(25-10-12-29-13-11-25)4-3-5-17(19)26(24-20)15-8-6-14(22)7-9-15/h3-9,18,27H,2,10-13H2,1H3,(H,23,24,28). The Hall–Kier alpha value is -2.97. The lowest BCUT2D eigenvalue weighted by molar-refractivity contribution is -0.124. The Balaban J connectivity index is 1.86. The number of aromatic nitrogens is 2. The molecular formula is C21H23FN4O3. The first-order valence-corrected chi connectivity index (χ1v) is 9.67. The molecule has 0 saturated carbocycles. The fourth-order valence-electron chi connectivity index (χ4n) is 3.47. The maximum Gasteiger partial charge on any atom is 0.254 e. The lowest BCUT2D eigenvalue weighted by atomic mass is 10.1. The number of rotatable bonds is 5. The third-order valence-corrected chi connectivity index (χ3v) is 5.04. The van der Waals surface area contributed by atoms with Crippen molar-refractivity contribution in [3.8, 4) is 5.69 Å². The van der Waals surface area contributed by atoms with Crippen molar-refractivity contribution in [3.05, 3.63) is 48.3 Å². The summed E-state index contributed by atoms with van der Waals surface area (Å²) in [6.45, 7) is 4.44. The first kappa shape index (κ1) is 19.4. The highest BCUT2D eigenvalue weighted by Gasteiger charge is 2.23. The smallest absolute Gasteiger partial charge is 0.254 e. The third kappa shape index (κ3) is 3.81. The number of aliphatic hydroxyl groups is 1. The summed E-state index contributed by atoms with van der Waals surface area (Å²) in [5.41, 5.74) is 2.38. The number of halogens is 1. The van der Waals surface area contributed by atoms with Gasteiger partial charge in [-0.3, -0.25) is 4.79 Å². The van der Waals surface area contributed by atoms with Crippen molar-refractivity contribution < 1.29 is 19.0 Å². The van der Waals surface area contributed by atoms with Gasteiger partial charge in [-0.1, -0.05) is 13.0 Å². The van der Waals surface area contributed by atoms with Crippen LogP contribution in [0.3, 0.4) is 0 Å². The molecule has 0 radical (unpaired) electrons. The number of hydrogen-bond acceptors (Lipinski definition) is 5. The Morgan fingerprint density at radius 3 is 2.66 bits per heavy atom. The van der Waals surface area contributed by atoms with E-state index >= 15 is 0 Å². The Kier molecular flexibility index (Phi) is 5.46. The molecule has 8 heteroatoms. The molecular weight excluding hydrogens is 375 g/mol. The van der Waals surface area contributed by atoms with E-state index in [0.29, 0.717) is 31.1 Å². The average molecular weight is 398 g/mol. The number of nitrogens with one attached hydrogen (secondary N) is 1. The molecule has 1 atom stereocenters. The summed E-state index contributed by atoms with van der Waals surface area (Å²) >= 11 is 0. The zero-order chi connectivity index (χ0) is 20.4. The van der Waals surface area contributed by atoms with Gasteiger partial charge in [0.1, 0.15) is 11.9 Å². The molecule has 1 aliphatic heterocycles. The molecule has 1 fully saturated rings. The van der Waals surface area contributed by atoms with E-state index in [9.17, 15) is 14.3 Å². The predicted octanol–water partition coefficient (Wildman–Crippen LogP) is 2.71.